The normalized spacial score (nSPS) is 38.7. The van der Waals surface area contributed by atoms with Crippen molar-refractivity contribution in [2.24, 2.45) is 0 Å². The van der Waals surface area contributed by atoms with Crippen molar-refractivity contribution in [3.05, 3.63) is 83.5 Å². The Hall–Kier alpha value is -3.09. The summed E-state index contributed by atoms with van der Waals surface area (Å²) in [6.45, 7) is 8.00. The van der Waals surface area contributed by atoms with E-state index in [4.69, 9.17) is 9.47 Å². The van der Waals surface area contributed by atoms with Crippen molar-refractivity contribution in [1.29, 1.82) is 0 Å². The maximum atomic E-state index is 13.9. The number of benzene rings is 2. The van der Waals surface area contributed by atoms with Gasteiger partial charge in [0.05, 0.1) is 23.2 Å². The fourth-order valence-electron chi connectivity index (χ4n) is 9.11. The number of para-hydroxylation sites is 1. The van der Waals surface area contributed by atoms with Crippen LogP contribution in [0.3, 0.4) is 0 Å². The number of carbonyl (C=O) groups is 1. The Morgan fingerprint density at radius 3 is 2.61 bits per heavy atom. The molecule has 0 N–H and O–H groups in total. The average Bonchev–Trinajstić information content (AvgIpc) is 3.31. The molecule has 3 fully saturated rings. The molecule has 38 heavy (non-hydrogen) atoms. The zero-order chi connectivity index (χ0) is 26.0. The van der Waals surface area contributed by atoms with E-state index in [0.29, 0.717) is 0 Å². The molecule has 8 rings (SSSR count). The van der Waals surface area contributed by atoms with Gasteiger partial charge >= 0.3 is 0 Å². The second-order valence-electron chi connectivity index (χ2n) is 12.4. The number of likely N-dealkylation sites (tertiary alicyclic amines) is 1. The predicted molar refractivity (Wildman–Crippen MR) is 146 cm³/mol. The van der Waals surface area contributed by atoms with E-state index in [0.717, 1.165) is 31.7 Å². The van der Waals surface area contributed by atoms with Gasteiger partial charge in [-0.05, 0) is 56.9 Å². The lowest BCUT2D eigenvalue weighted by atomic mass is 9.51. The quantitative estimate of drug-likeness (QED) is 0.342. The first-order valence-electron chi connectivity index (χ1n) is 14.0. The number of ether oxygens (including phenoxy) is 2. The van der Waals surface area contributed by atoms with Gasteiger partial charge in [0.25, 0.3) is 0 Å². The highest BCUT2D eigenvalue weighted by molar-refractivity contribution is 5.89. The van der Waals surface area contributed by atoms with Crippen LogP contribution < -0.4 is 9.64 Å². The summed E-state index contributed by atoms with van der Waals surface area (Å²) in [6.07, 6.45) is 9.30. The highest BCUT2D eigenvalue weighted by Gasteiger charge is 2.78. The van der Waals surface area contributed by atoms with Crippen LogP contribution in [0, 0.1) is 0 Å². The van der Waals surface area contributed by atoms with Gasteiger partial charge in [-0.1, -0.05) is 48.6 Å². The summed E-state index contributed by atoms with van der Waals surface area (Å²) in [6, 6.07) is 15.5. The van der Waals surface area contributed by atoms with Crippen LogP contribution in [0.25, 0.3) is 0 Å². The van der Waals surface area contributed by atoms with Crippen LogP contribution in [0.5, 0.6) is 5.75 Å². The standard InChI is InChI=1S/C32H35N3O3/c1-5-6-7-15-24(36)34-18-16-31-21-12-8-9-14-23(21)37-29-32(31)17-19-35(28(31)34)26(27-30(2,3)38-27)20-11-10-13-22(25(20)32)33(29)4/h5-15,26-29H,16-19H2,1-4H3/b6-5+,15-7+/t26-,27+,28+,29-,31-,32-/m0/s1. The predicted octanol–water partition coefficient (Wildman–Crippen LogP) is 4.66. The van der Waals surface area contributed by atoms with Gasteiger partial charge in [-0.25, -0.2) is 0 Å². The van der Waals surface area contributed by atoms with Crippen molar-refractivity contribution in [1.82, 2.24) is 9.80 Å². The van der Waals surface area contributed by atoms with Crippen LogP contribution in [-0.4, -0.2) is 59.9 Å². The van der Waals surface area contributed by atoms with Crippen LogP contribution in [0.4, 0.5) is 5.69 Å². The number of nitrogens with zero attached hydrogens (tertiary/aromatic N) is 3. The molecule has 6 heterocycles. The number of hydrogen-bond acceptors (Lipinski definition) is 5. The number of hydrogen-bond donors (Lipinski definition) is 0. The third-order valence-electron chi connectivity index (χ3n) is 10.5. The first kappa shape index (κ1) is 22.9. The number of piperidine rings is 1. The molecule has 1 unspecified atom stereocenters. The van der Waals surface area contributed by atoms with Crippen LogP contribution in [0.15, 0.2) is 66.8 Å². The van der Waals surface area contributed by atoms with Gasteiger partial charge in [-0.3, -0.25) is 9.69 Å². The molecule has 2 aromatic rings. The number of carbonyl (C=O) groups excluding carboxylic acids is 1. The molecular weight excluding hydrogens is 474 g/mol. The van der Waals surface area contributed by atoms with E-state index in [1.807, 2.05) is 25.2 Å². The maximum absolute atomic E-state index is 13.9. The number of fused-ring (bicyclic) bond motifs is 1. The van der Waals surface area contributed by atoms with Gasteiger partial charge in [0.1, 0.15) is 11.9 Å². The van der Waals surface area contributed by atoms with Gasteiger partial charge in [0, 0.05) is 42.9 Å². The van der Waals surface area contributed by atoms with Crippen molar-refractivity contribution >= 4 is 11.6 Å². The molecular formula is C32H35N3O3. The van der Waals surface area contributed by atoms with Gasteiger partial charge in [-0.2, -0.15) is 0 Å². The smallest absolute Gasteiger partial charge is 0.247 e. The molecule has 2 spiro atoms. The Bertz CT molecular complexity index is 1430. The van der Waals surface area contributed by atoms with E-state index in [9.17, 15) is 4.79 Å². The van der Waals surface area contributed by atoms with Crippen molar-refractivity contribution < 1.29 is 14.3 Å². The Balaban J connectivity index is 1.44. The molecule has 0 saturated carbocycles. The summed E-state index contributed by atoms with van der Waals surface area (Å²) < 4.78 is 13.4. The third kappa shape index (κ3) is 2.45. The average molecular weight is 510 g/mol. The third-order valence-corrected chi connectivity index (χ3v) is 10.5. The molecule has 6 heteroatoms. The second-order valence-corrected chi connectivity index (χ2v) is 12.4. The number of likely N-dealkylation sites (N-methyl/N-ethyl adjacent to an activating group) is 1. The SMILES string of the molecule is C/C=C/C=C/C(=O)N1CC[C@@]23c4ccccc4O[C@@H]4N(C)c5cccc6c5[C@@]42CCN([C@@H]13)[C@@H]6[C@H]1OC1(C)C. The van der Waals surface area contributed by atoms with Gasteiger partial charge in [0.15, 0.2) is 6.23 Å². The van der Waals surface area contributed by atoms with Crippen LogP contribution in [0.1, 0.15) is 56.3 Å². The van der Waals surface area contributed by atoms with Crippen molar-refractivity contribution in [2.45, 2.75) is 74.6 Å². The molecule has 1 amide bonds. The molecule has 6 aliphatic heterocycles. The molecule has 7 atom stereocenters. The lowest BCUT2D eigenvalue weighted by Crippen LogP contribution is -2.72. The number of amides is 1. The highest BCUT2D eigenvalue weighted by Crippen LogP contribution is 2.72. The topological polar surface area (TPSA) is 48.6 Å². The van der Waals surface area contributed by atoms with Crippen molar-refractivity contribution in [3.8, 4) is 5.75 Å². The monoisotopic (exact) mass is 509 g/mol. The van der Waals surface area contributed by atoms with E-state index in [1.165, 1.54) is 22.4 Å². The molecule has 2 aromatic carbocycles. The minimum absolute atomic E-state index is 0.0803. The Labute approximate surface area is 224 Å². The minimum Gasteiger partial charge on any atom is -0.469 e. The summed E-state index contributed by atoms with van der Waals surface area (Å²) in [5.41, 5.74) is 4.59. The first-order valence-corrected chi connectivity index (χ1v) is 14.0. The molecule has 6 nitrogen and oxygen atoms in total. The lowest BCUT2D eigenvalue weighted by molar-refractivity contribution is -0.141. The molecule has 0 aromatic heterocycles. The summed E-state index contributed by atoms with van der Waals surface area (Å²) in [7, 11) is 2.19. The Morgan fingerprint density at radius 1 is 1.03 bits per heavy atom. The summed E-state index contributed by atoms with van der Waals surface area (Å²) in [5, 5.41) is 0. The molecule has 196 valence electrons. The minimum atomic E-state index is -0.280. The van der Waals surface area contributed by atoms with E-state index in [2.05, 4.69) is 78.1 Å². The van der Waals surface area contributed by atoms with E-state index in [1.54, 1.807) is 6.08 Å². The van der Waals surface area contributed by atoms with Gasteiger partial charge < -0.3 is 19.3 Å². The summed E-state index contributed by atoms with van der Waals surface area (Å²) >= 11 is 0. The van der Waals surface area contributed by atoms with Crippen LogP contribution >= 0.6 is 0 Å². The second kappa shape index (κ2) is 7.30. The Kier molecular flexibility index (Phi) is 4.39. The fraction of sp³-hybridized carbons (Fsp3) is 0.469. The first-order chi connectivity index (χ1) is 18.4. The molecule has 0 radical (unpaired) electrons. The molecule has 2 bridgehead atoms. The van der Waals surface area contributed by atoms with Crippen LogP contribution in [-0.2, 0) is 20.4 Å². The zero-order valence-corrected chi connectivity index (χ0v) is 22.6. The number of rotatable bonds is 3. The number of allylic oxidation sites excluding steroid dienone is 3. The maximum Gasteiger partial charge on any atom is 0.247 e. The van der Waals surface area contributed by atoms with Crippen molar-refractivity contribution in [3.63, 3.8) is 0 Å². The van der Waals surface area contributed by atoms with E-state index >= 15 is 0 Å². The Morgan fingerprint density at radius 2 is 1.82 bits per heavy atom. The molecule has 3 saturated heterocycles. The fourth-order valence-corrected chi connectivity index (χ4v) is 9.11. The highest BCUT2D eigenvalue weighted by atomic mass is 16.6. The zero-order valence-electron chi connectivity index (χ0n) is 22.6. The summed E-state index contributed by atoms with van der Waals surface area (Å²) in [4.78, 5) is 21.1. The van der Waals surface area contributed by atoms with Crippen LogP contribution in [0.2, 0.25) is 0 Å². The largest absolute Gasteiger partial charge is 0.469 e. The van der Waals surface area contributed by atoms with Crippen molar-refractivity contribution in [2.75, 3.05) is 25.0 Å². The number of anilines is 1. The summed E-state index contributed by atoms with van der Waals surface area (Å²) in [5.74, 6) is 1.04. The van der Waals surface area contributed by atoms with Gasteiger partial charge in [-0.15, -0.1) is 0 Å². The van der Waals surface area contributed by atoms with E-state index < -0.39 is 0 Å². The van der Waals surface area contributed by atoms with E-state index in [-0.39, 0.29) is 46.9 Å². The lowest BCUT2D eigenvalue weighted by Gasteiger charge is -2.61. The molecule has 0 aliphatic carbocycles. The van der Waals surface area contributed by atoms with Gasteiger partial charge in [0.2, 0.25) is 5.91 Å². The number of epoxide rings is 1. The molecule has 6 aliphatic rings.